The highest BCUT2D eigenvalue weighted by molar-refractivity contribution is 8.26. The van der Waals surface area contributed by atoms with Crippen LogP contribution in [0.25, 0.3) is 6.08 Å². The molecule has 0 bridgehead atoms. The summed E-state index contributed by atoms with van der Waals surface area (Å²) in [5.74, 6) is -1.88. The van der Waals surface area contributed by atoms with Crippen LogP contribution in [0.2, 0.25) is 0 Å². The largest absolute Gasteiger partial charge is 0.480 e. The van der Waals surface area contributed by atoms with E-state index in [9.17, 15) is 14.0 Å². The summed E-state index contributed by atoms with van der Waals surface area (Å²) in [7, 11) is 0. The zero-order valence-electron chi connectivity index (χ0n) is 11.1. The number of carboxylic acids is 1. The van der Waals surface area contributed by atoms with Gasteiger partial charge in [0.2, 0.25) is 0 Å². The van der Waals surface area contributed by atoms with Gasteiger partial charge in [0.05, 0.1) is 4.91 Å². The fraction of sp³-hybridized carbons (Fsp3) is 0.214. The van der Waals surface area contributed by atoms with Gasteiger partial charge in [-0.25, -0.2) is 9.18 Å². The van der Waals surface area contributed by atoms with Gasteiger partial charge in [-0.15, -0.1) is 0 Å². The predicted octanol–water partition coefficient (Wildman–Crippen LogP) is 2.89. The van der Waals surface area contributed by atoms with Gasteiger partial charge in [-0.05, 0) is 30.2 Å². The highest BCUT2D eigenvalue weighted by Gasteiger charge is 2.39. The van der Waals surface area contributed by atoms with E-state index >= 15 is 0 Å². The van der Waals surface area contributed by atoms with Crippen molar-refractivity contribution in [2.45, 2.75) is 19.4 Å². The molecule has 0 saturated carbocycles. The van der Waals surface area contributed by atoms with Crippen molar-refractivity contribution in [3.8, 4) is 0 Å². The third-order valence-corrected chi connectivity index (χ3v) is 4.31. The molecule has 0 unspecified atom stereocenters. The van der Waals surface area contributed by atoms with E-state index in [1.807, 2.05) is 0 Å². The maximum atomic E-state index is 12.9. The Kier molecular flexibility index (Phi) is 4.74. The topological polar surface area (TPSA) is 57.6 Å². The minimum absolute atomic E-state index is 0.225. The van der Waals surface area contributed by atoms with Crippen LogP contribution >= 0.6 is 24.0 Å². The number of halogens is 1. The molecule has 0 radical (unpaired) electrons. The van der Waals surface area contributed by atoms with Crippen molar-refractivity contribution < 1.29 is 19.1 Å². The zero-order chi connectivity index (χ0) is 15.6. The van der Waals surface area contributed by atoms with E-state index in [2.05, 4.69) is 0 Å². The van der Waals surface area contributed by atoms with E-state index in [1.54, 1.807) is 13.0 Å². The smallest absolute Gasteiger partial charge is 0.326 e. The first kappa shape index (κ1) is 15.7. The molecule has 4 nitrogen and oxygen atoms in total. The number of hydrogen-bond acceptors (Lipinski definition) is 4. The van der Waals surface area contributed by atoms with E-state index in [0.29, 0.717) is 10.5 Å². The number of nitrogens with zero attached hydrogens (tertiary/aromatic N) is 1. The second-order valence-corrected chi connectivity index (χ2v) is 6.04. The molecule has 2 rings (SSSR count). The van der Waals surface area contributed by atoms with Gasteiger partial charge < -0.3 is 5.11 Å². The maximum absolute atomic E-state index is 12.9. The molecule has 21 heavy (non-hydrogen) atoms. The Hall–Kier alpha value is -1.73. The summed E-state index contributed by atoms with van der Waals surface area (Å²) in [6.07, 6.45) is 1.85. The first-order valence-corrected chi connectivity index (χ1v) is 7.42. The lowest BCUT2D eigenvalue weighted by Gasteiger charge is -2.21. The molecular formula is C14H12FNO3S2. The molecule has 0 aliphatic carbocycles. The van der Waals surface area contributed by atoms with Gasteiger partial charge in [0.25, 0.3) is 5.91 Å². The summed E-state index contributed by atoms with van der Waals surface area (Å²) < 4.78 is 13.1. The Labute approximate surface area is 130 Å². The monoisotopic (exact) mass is 325 g/mol. The fourth-order valence-corrected chi connectivity index (χ4v) is 3.28. The zero-order valence-corrected chi connectivity index (χ0v) is 12.7. The molecule has 1 saturated heterocycles. The van der Waals surface area contributed by atoms with Gasteiger partial charge in [0.1, 0.15) is 16.2 Å². The third-order valence-electron chi connectivity index (χ3n) is 2.97. The molecule has 0 aromatic heterocycles. The number of thiocarbonyl (C=S) groups is 1. The standard InChI is InChI=1S/C14H12FNO3S2/c1-2-10(13(18)19)16-12(17)11(21-14(16)20)7-8-3-5-9(15)6-4-8/h3-7,10H,2H2,1H3,(H,18,19)/b11-7+/t10-/m0/s1. The third kappa shape index (κ3) is 3.30. The summed E-state index contributed by atoms with van der Waals surface area (Å²) in [5.41, 5.74) is 0.653. The van der Waals surface area contributed by atoms with Crippen molar-refractivity contribution in [3.05, 3.63) is 40.6 Å². The number of amides is 1. The predicted molar refractivity (Wildman–Crippen MR) is 83.1 cm³/mol. The Morgan fingerprint density at radius 3 is 2.62 bits per heavy atom. The molecule has 1 atom stereocenters. The van der Waals surface area contributed by atoms with Crippen molar-refractivity contribution in [2.24, 2.45) is 0 Å². The number of carboxylic acid groups (broad SMARTS) is 1. The molecule has 1 aromatic rings. The average Bonchev–Trinajstić information content (AvgIpc) is 2.70. The molecule has 0 spiro atoms. The second kappa shape index (κ2) is 6.36. The van der Waals surface area contributed by atoms with Crippen molar-refractivity contribution >= 4 is 46.3 Å². The number of thioether (sulfide) groups is 1. The summed E-state index contributed by atoms with van der Waals surface area (Å²) in [5, 5.41) is 9.15. The lowest BCUT2D eigenvalue weighted by molar-refractivity contribution is -0.145. The molecule has 1 aliphatic heterocycles. The van der Waals surface area contributed by atoms with Crippen molar-refractivity contribution in [1.29, 1.82) is 0 Å². The minimum Gasteiger partial charge on any atom is -0.480 e. The van der Waals surface area contributed by atoms with Crippen LogP contribution in [0, 0.1) is 5.82 Å². The van der Waals surface area contributed by atoms with Crippen LogP contribution in [0.5, 0.6) is 0 Å². The first-order valence-electron chi connectivity index (χ1n) is 6.19. The molecule has 1 heterocycles. The molecule has 1 N–H and O–H groups in total. The lowest BCUT2D eigenvalue weighted by Crippen LogP contribution is -2.43. The van der Waals surface area contributed by atoms with E-state index in [4.69, 9.17) is 17.3 Å². The van der Waals surface area contributed by atoms with Crippen molar-refractivity contribution in [1.82, 2.24) is 4.90 Å². The van der Waals surface area contributed by atoms with Gasteiger partial charge in [0, 0.05) is 0 Å². The number of aliphatic carboxylic acids is 1. The maximum Gasteiger partial charge on any atom is 0.326 e. The van der Waals surface area contributed by atoms with E-state index in [-0.39, 0.29) is 16.6 Å². The van der Waals surface area contributed by atoms with Crippen LogP contribution in [0.3, 0.4) is 0 Å². The Morgan fingerprint density at radius 2 is 2.10 bits per heavy atom. The highest BCUT2D eigenvalue weighted by atomic mass is 32.2. The number of carbonyl (C=O) groups is 2. The number of benzene rings is 1. The van der Waals surface area contributed by atoms with Gasteiger partial charge in [-0.3, -0.25) is 9.69 Å². The molecule has 1 fully saturated rings. The van der Waals surface area contributed by atoms with Crippen LogP contribution in [-0.2, 0) is 9.59 Å². The quantitative estimate of drug-likeness (QED) is 0.681. The van der Waals surface area contributed by atoms with Gasteiger partial charge in [-0.1, -0.05) is 43.0 Å². The number of rotatable bonds is 4. The molecule has 1 aliphatic rings. The summed E-state index contributed by atoms with van der Waals surface area (Å²) >= 11 is 6.15. The summed E-state index contributed by atoms with van der Waals surface area (Å²) in [6.45, 7) is 1.68. The molecule has 1 aromatic carbocycles. The van der Waals surface area contributed by atoms with Crippen LogP contribution in [0.1, 0.15) is 18.9 Å². The van der Waals surface area contributed by atoms with Crippen LogP contribution < -0.4 is 0 Å². The Morgan fingerprint density at radius 1 is 1.48 bits per heavy atom. The van der Waals surface area contributed by atoms with Crippen LogP contribution in [0.15, 0.2) is 29.2 Å². The molecular weight excluding hydrogens is 313 g/mol. The Bertz CT molecular complexity index is 628. The van der Waals surface area contributed by atoms with Gasteiger partial charge in [0.15, 0.2) is 0 Å². The number of hydrogen-bond donors (Lipinski definition) is 1. The highest BCUT2D eigenvalue weighted by Crippen LogP contribution is 2.34. The van der Waals surface area contributed by atoms with Crippen molar-refractivity contribution in [2.75, 3.05) is 0 Å². The van der Waals surface area contributed by atoms with Crippen LogP contribution in [-0.4, -0.2) is 32.2 Å². The van der Waals surface area contributed by atoms with Gasteiger partial charge >= 0.3 is 5.97 Å². The van der Waals surface area contributed by atoms with Gasteiger partial charge in [-0.2, -0.15) is 0 Å². The van der Waals surface area contributed by atoms with Crippen molar-refractivity contribution in [3.63, 3.8) is 0 Å². The van der Waals surface area contributed by atoms with E-state index in [0.717, 1.165) is 16.7 Å². The Balaban J connectivity index is 2.29. The molecule has 1 amide bonds. The normalized spacial score (nSPS) is 18.4. The van der Waals surface area contributed by atoms with Crippen LogP contribution in [0.4, 0.5) is 4.39 Å². The average molecular weight is 325 g/mol. The summed E-state index contributed by atoms with van der Waals surface area (Å²) in [4.78, 5) is 25.0. The SMILES string of the molecule is CC[C@@H](C(=O)O)N1C(=O)/C(=C\c2ccc(F)cc2)SC1=S. The second-order valence-electron chi connectivity index (χ2n) is 4.37. The van der Waals surface area contributed by atoms with E-state index < -0.39 is 17.9 Å². The fourth-order valence-electron chi connectivity index (χ4n) is 1.93. The lowest BCUT2D eigenvalue weighted by atomic mass is 10.2. The van der Waals surface area contributed by atoms with E-state index in [1.165, 1.54) is 24.3 Å². The molecule has 110 valence electrons. The summed E-state index contributed by atoms with van der Waals surface area (Å²) in [6, 6.07) is 4.70. The number of carbonyl (C=O) groups excluding carboxylic acids is 1. The minimum atomic E-state index is -1.09. The first-order chi connectivity index (χ1) is 9.93. The molecule has 7 heteroatoms.